The van der Waals surface area contributed by atoms with Crippen molar-refractivity contribution in [2.24, 2.45) is 5.41 Å². The quantitative estimate of drug-likeness (QED) is 0.221. The number of Topliss-reactive ketones (excluding diaryl/α,β-unsaturated/α-hetero) is 1. The average Bonchev–Trinajstić information content (AvgIpc) is 3.59. The summed E-state index contributed by atoms with van der Waals surface area (Å²) in [6.07, 6.45) is 2.71. The van der Waals surface area contributed by atoms with Crippen molar-refractivity contribution in [1.29, 1.82) is 0 Å². The molecule has 9 rings (SSSR count). The molecular formula is C41H36N2O4. The zero-order valence-corrected chi connectivity index (χ0v) is 26.4. The fraction of sp³-hybridized carbons (Fsp3) is 0.244. The molecule has 0 amide bonds. The number of carbonyl (C=O) groups excluding carboxylic acids is 1. The van der Waals surface area contributed by atoms with E-state index in [1.165, 1.54) is 5.56 Å². The van der Waals surface area contributed by atoms with Gasteiger partial charge in [-0.1, -0.05) is 91.0 Å². The lowest BCUT2D eigenvalue weighted by molar-refractivity contribution is -0.139. The summed E-state index contributed by atoms with van der Waals surface area (Å²) in [7, 11) is 3.32. The van der Waals surface area contributed by atoms with E-state index >= 15 is 4.79 Å². The van der Waals surface area contributed by atoms with Crippen LogP contribution in [0.2, 0.25) is 0 Å². The minimum atomic E-state index is -1.45. The largest absolute Gasteiger partial charge is 0.497 e. The molecule has 0 saturated carbocycles. The maximum absolute atomic E-state index is 15.7. The minimum Gasteiger partial charge on any atom is -0.497 e. The third-order valence-corrected chi connectivity index (χ3v) is 11.4. The molecule has 6 atom stereocenters. The SMILES string of the molecule is COc1ccc(/C=C2\CN3C[C@@]4(C2=O)[C@@H](c2ccc(OC)cc2)[C@H](Cc2ccccc2)N[C@]42c4cccc5cccc(c45)[C@]32O)cc1. The first-order valence-corrected chi connectivity index (χ1v) is 16.3. The van der Waals surface area contributed by atoms with Crippen molar-refractivity contribution in [3.05, 3.63) is 149 Å². The summed E-state index contributed by atoms with van der Waals surface area (Å²) in [5.74, 6) is 1.38. The zero-order valence-electron chi connectivity index (χ0n) is 26.4. The highest BCUT2D eigenvalue weighted by Crippen LogP contribution is 2.74. The Bertz CT molecular complexity index is 2070. The number of methoxy groups -OCH3 is 2. The van der Waals surface area contributed by atoms with Crippen LogP contribution in [0.1, 0.15) is 33.7 Å². The number of carbonyl (C=O) groups is 1. The Morgan fingerprint density at radius 2 is 1.49 bits per heavy atom. The standard InChI is InChI=1S/C41H36N2O4/c1-46-31-18-14-27(15-19-31)22-30-24-43-25-39(38(30)44)37(29-16-20-32(47-2)21-17-29)35(23-26-8-4-3-5-9-26)42-40(39)33-12-6-10-28-11-7-13-34(36(28)33)41(40,43)45/h3-22,35,37,42,45H,23-25H2,1-2H3/b30-22+/t35-,37-,39-,40+,41+/m0/s1. The molecule has 0 aromatic heterocycles. The van der Waals surface area contributed by atoms with Gasteiger partial charge in [0.2, 0.25) is 0 Å². The highest BCUT2D eigenvalue weighted by Gasteiger charge is 2.84. The Labute approximate surface area is 274 Å². The second kappa shape index (κ2) is 10.1. The molecule has 3 fully saturated rings. The van der Waals surface area contributed by atoms with E-state index in [0.717, 1.165) is 44.5 Å². The van der Waals surface area contributed by atoms with E-state index in [1.807, 2.05) is 54.6 Å². The molecule has 0 radical (unpaired) electrons. The predicted octanol–water partition coefficient (Wildman–Crippen LogP) is 6.18. The fourth-order valence-electron chi connectivity index (χ4n) is 9.67. The molecule has 1 unspecified atom stereocenters. The highest BCUT2D eigenvalue weighted by atomic mass is 16.5. The smallest absolute Gasteiger partial charge is 0.170 e. The Kier molecular flexibility index (Phi) is 6.13. The van der Waals surface area contributed by atoms with Crippen LogP contribution in [0.4, 0.5) is 0 Å². The lowest BCUT2D eigenvalue weighted by Gasteiger charge is -2.44. The van der Waals surface area contributed by atoms with E-state index < -0.39 is 16.7 Å². The molecule has 2 spiro atoms. The zero-order chi connectivity index (χ0) is 32.0. The summed E-state index contributed by atoms with van der Waals surface area (Å²) in [5.41, 5.74) is 2.20. The minimum absolute atomic E-state index is 0.0918. The normalized spacial score (nSPS) is 30.8. The molecule has 5 aromatic carbocycles. The topological polar surface area (TPSA) is 71.0 Å². The lowest BCUT2D eigenvalue weighted by atomic mass is 9.57. The summed E-state index contributed by atoms with van der Waals surface area (Å²) >= 11 is 0. The van der Waals surface area contributed by atoms with Crippen molar-refractivity contribution < 1.29 is 19.4 Å². The van der Waals surface area contributed by atoms with Crippen LogP contribution < -0.4 is 14.8 Å². The number of fused-ring (bicyclic) bond motifs is 3. The van der Waals surface area contributed by atoms with E-state index in [4.69, 9.17) is 9.47 Å². The number of nitrogens with zero attached hydrogens (tertiary/aromatic N) is 1. The van der Waals surface area contributed by atoms with Crippen LogP contribution in [0.15, 0.2) is 121 Å². The Morgan fingerprint density at radius 3 is 2.17 bits per heavy atom. The van der Waals surface area contributed by atoms with Crippen LogP contribution in [-0.4, -0.2) is 49.1 Å². The Hall–Kier alpha value is -4.75. The van der Waals surface area contributed by atoms with Crippen molar-refractivity contribution in [3.63, 3.8) is 0 Å². The first kappa shape index (κ1) is 28.5. The molecule has 3 saturated heterocycles. The summed E-state index contributed by atoms with van der Waals surface area (Å²) in [4.78, 5) is 17.8. The van der Waals surface area contributed by atoms with Crippen LogP contribution in [0, 0.1) is 5.41 Å². The van der Waals surface area contributed by atoms with Gasteiger partial charge >= 0.3 is 0 Å². The highest BCUT2D eigenvalue weighted by molar-refractivity contribution is 6.09. The van der Waals surface area contributed by atoms with Crippen molar-refractivity contribution in [1.82, 2.24) is 10.2 Å². The number of benzene rings is 5. The second-order valence-electron chi connectivity index (χ2n) is 13.4. The van der Waals surface area contributed by atoms with Crippen molar-refractivity contribution in [3.8, 4) is 11.5 Å². The van der Waals surface area contributed by atoms with E-state index in [2.05, 4.69) is 76.9 Å². The van der Waals surface area contributed by atoms with Gasteiger partial charge in [0.25, 0.3) is 0 Å². The van der Waals surface area contributed by atoms with Gasteiger partial charge in [0.05, 0.1) is 19.6 Å². The molecule has 6 heteroatoms. The monoisotopic (exact) mass is 620 g/mol. The average molecular weight is 621 g/mol. The number of ether oxygens (including phenoxy) is 2. The summed E-state index contributed by atoms with van der Waals surface area (Å²) in [6, 6.07) is 38.8. The molecule has 3 aliphatic heterocycles. The van der Waals surface area contributed by atoms with Crippen LogP contribution in [0.5, 0.6) is 11.5 Å². The molecule has 234 valence electrons. The Balaban J connectivity index is 1.32. The molecule has 4 aliphatic rings. The van der Waals surface area contributed by atoms with Gasteiger partial charge < -0.3 is 14.6 Å². The number of aliphatic hydroxyl groups is 1. The number of ketones is 1. The number of hydrogen-bond acceptors (Lipinski definition) is 6. The molecule has 5 aromatic rings. The molecule has 6 nitrogen and oxygen atoms in total. The van der Waals surface area contributed by atoms with Gasteiger partial charge in [0.1, 0.15) is 17.0 Å². The fourth-order valence-corrected chi connectivity index (χ4v) is 9.67. The lowest BCUT2D eigenvalue weighted by Crippen LogP contribution is -2.60. The number of rotatable bonds is 6. The molecule has 2 N–H and O–H groups in total. The molecule has 1 aliphatic carbocycles. The van der Waals surface area contributed by atoms with E-state index in [-0.39, 0.29) is 17.7 Å². The first-order valence-electron chi connectivity index (χ1n) is 16.3. The maximum Gasteiger partial charge on any atom is 0.170 e. The van der Waals surface area contributed by atoms with Crippen LogP contribution in [0.25, 0.3) is 16.8 Å². The third-order valence-electron chi connectivity index (χ3n) is 11.4. The van der Waals surface area contributed by atoms with Crippen LogP contribution in [0.3, 0.4) is 0 Å². The third kappa shape index (κ3) is 3.58. The van der Waals surface area contributed by atoms with Gasteiger partial charge in [0.15, 0.2) is 11.5 Å². The van der Waals surface area contributed by atoms with Crippen LogP contribution >= 0.6 is 0 Å². The molecule has 2 bridgehead atoms. The first-order chi connectivity index (χ1) is 22.9. The van der Waals surface area contributed by atoms with Crippen molar-refractivity contribution in [2.75, 3.05) is 27.3 Å². The van der Waals surface area contributed by atoms with Gasteiger partial charge in [-0.2, -0.15) is 0 Å². The summed E-state index contributed by atoms with van der Waals surface area (Å²) in [5, 5.41) is 19.8. The number of nitrogens with one attached hydrogen (secondary N) is 1. The predicted molar refractivity (Wildman–Crippen MR) is 182 cm³/mol. The van der Waals surface area contributed by atoms with Gasteiger partial charge in [0, 0.05) is 36.2 Å². The maximum atomic E-state index is 15.7. The Morgan fingerprint density at radius 1 is 0.830 bits per heavy atom. The summed E-state index contributed by atoms with van der Waals surface area (Å²) in [6.45, 7) is 0.775. The van der Waals surface area contributed by atoms with E-state index in [0.29, 0.717) is 25.1 Å². The van der Waals surface area contributed by atoms with E-state index in [1.54, 1.807) is 14.2 Å². The molecule has 47 heavy (non-hydrogen) atoms. The molecule has 3 heterocycles. The summed E-state index contributed by atoms with van der Waals surface area (Å²) < 4.78 is 11.0. The van der Waals surface area contributed by atoms with Gasteiger partial charge in [-0.15, -0.1) is 0 Å². The van der Waals surface area contributed by atoms with Gasteiger partial charge in [-0.05, 0) is 69.8 Å². The van der Waals surface area contributed by atoms with Gasteiger partial charge in [-0.3, -0.25) is 15.0 Å². The second-order valence-corrected chi connectivity index (χ2v) is 13.4. The van der Waals surface area contributed by atoms with Crippen LogP contribution in [-0.2, 0) is 22.5 Å². The van der Waals surface area contributed by atoms with E-state index in [9.17, 15) is 5.11 Å². The van der Waals surface area contributed by atoms with Gasteiger partial charge in [-0.25, -0.2) is 0 Å². The number of hydrogen-bond donors (Lipinski definition) is 2. The number of piperidine rings is 1. The van der Waals surface area contributed by atoms with Crippen molar-refractivity contribution in [2.45, 2.75) is 29.6 Å². The molecular weight excluding hydrogens is 584 g/mol. The van der Waals surface area contributed by atoms with Crippen molar-refractivity contribution >= 4 is 22.6 Å².